The molecule has 106 valence electrons. The molecule has 2 rings (SSSR count). The summed E-state index contributed by atoms with van der Waals surface area (Å²) in [5.74, 6) is 0.976. The van der Waals surface area contributed by atoms with Crippen LogP contribution in [0.15, 0.2) is 23.1 Å². The minimum absolute atomic E-state index is 0.0310. The number of hydrogen-bond acceptors (Lipinski definition) is 5. The first-order chi connectivity index (χ1) is 8.99. The Balaban J connectivity index is 2.23. The van der Waals surface area contributed by atoms with E-state index in [0.29, 0.717) is 24.7 Å². The Morgan fingerprint density at radius 2 is 2.00 bits per heavy atom. The summed E-state index contributed by atoms with van der Waals surface area (Å²) in [6.45, 7) is 2.53. The number of ether oxygens (including phenoxy) is 2. The van der Waals surface area contributed by atoms with Gasteiger partial charge in [0.2, 0.25) is 10.0 Å². The Hall–Kier alpha value is -1.31. The number of benzene rings is 1. The van der Waals surface area contributed by atoms with Crippen LogP contribution in [0.1, 0.15) is 13.3 Å². The lowest BCUT2D eigenvalue weighted by Gasteiger charge is -2.11. The van der Waals surface area contributed by atoms with Gasteiger partial charge < -0.3 is 14.6 Å². The highest BCUT2D eigenvalue weighted by molar-refractivity contribution is 7.89. The third kappa shape index (κ3) is 3.59. The number of fused-ring (bicyclic) bond motifs is 1. The lowest BCUT2D eigenvalue weighted by Crippen LogP contribution is -2.30. The van der Waals surface area contributed by atoms with E-state index in [9.17, 15) is 8.42 Å². The molecule has 0 radical (unpaired) electrons. The number of hydrogen-bond donors (Lipinski definition) is 2. The largest absolute Gasteiger partial charge is 0.490 e. The first-order valence-corrected chi connectivity index (χ1v) is 7.55. The van der Waals surface area contributed by atoms with Gasteiger partial charge in [-0.25, -0.2) is 13.1 Å². The summed E-state index contributed by atoms with van der Waals surface area (Å²) in [6, 6.07) is 4.47. The van der Waals surface area contributed by atoms with Crippen LogP contribution in [0.3, 0.4) is 0 Å². The molecule has 1 atom stereocenters. The normalized spacial score (nSPS) is 16.7. The zero-order valence-electron chi connectivity index (χ0n) is 10.6. The first-order valence-electron chi connectivity index (χ1n) is 6.06. The number of aliphatic hydroxyl groups excluding tert-OH is 1. The smallest absolute Gasteiger partial charge is 0.240 e. The van der Waals surface area contributed by atoms with Crippen molar-refractivity contribution in [1.29, 1.82) is 0 Å². The molecule has 6 nitrogen and oxygen atoms in total. The molecule has 7 heteroatoms. The van der Waals surface area contributed by atoms with Crippen LogP contribution in [-0.2, 0) is 10.0 Å². The van der Waals surface area contributed by atoms with Crippen LogP contribution in [0.4, 0.5) is 0 Å². The maximum absolute atomic E-state index is 12.0. The molecule has 0 fully saturated rings. The lowest BCUT2D eigenvalue weighted by molar-refractivity contribution is 0.198. The Morgan fingerprint density at radius 3 is 2.68 bits per heavy atom. The van der Waals surface area contributed by atoms with Crippen LogP contribution < -0.4 is 14.2 Å². The Bertz CT molecular complexity index is 541. The second kappa shape index (κ2) is 5.77. The van der Waals surface area contributed by atoms with Gasteiger partial charge in [-0.3, -0.25) is 0 Å². The zero-order chi connectivity index (χ0) is 13.9. The van der Waals surface area contributed by atoms with Gasteiger partial charge in [-0.1, -0.05) is 0 Å². The molecule has 2 N–H and O–H groups in total. The average molecular weight is 287 g/mol. The average Bonchev–Trinajstić information content (AvgIpc) is 2.60. The molecule has 19 heavy (non-hydrogen) atoms. The van der Waals surface area contributed by atoms with Gasteiger partial charge in [-0.2, -0.15) is 0 Å². The molecule has 1 aromatic carbocycles. The summed E-state index contributed by atoms with van der Waals surface area (Å²) in [4.78, 5) is 0.0948. The molecule has 1 aliphatic heterocycles. The molecule has 0 saturated carbocycles. The van der Waals surface area contributed by atoms with Crippen molar-refractivity contribution in [2.75, 3.05) is 19.8 Å². The molecular weight excluding hydrogens is 270 g/mol. The fourth-order valence-corrected chi connectivity index (χ4v) is 2.76. The standard InChI is InChI=1S/C12H17NO5S/c1-9(14)8-13-19(15,16)10-3-4-11-12(7-10)18-6-2-5-17-11/h3-4,7,9,13-14H,2,5-6,8H2,1H3. The van der Waals surface area contributed by atoms with E-state index in [2.05, 4.69) is 4.72 Å². The molecule has 1 aromatic rings. The summed E-state index contributed by atoms with van der Waals surface area (Å²) in [5.41, 5.74) is 0. The van der Waals surface area contributed by atoms with E-state index in [1.165, 1.54) is 19.1 Å². The molecule has 0 aliphatic carbocycles. The highest BCUT2D eigenvalue weighted by Gasteiger charge is 2.18. The van der Waals surface area contributed by atoms with Crippen molar-refractivity contribution in [3.8, 4) is 11.5 Å². The summed E-state index contributed by atoms with van der Waals surface area (Å²) >= 11 is 0. The second-order valence-electron chi connectivity index (χ2n) is 4.36. The van der Waals surface area contributed by atoms with E-state index >= 15 is 0 Å². The van der Waals surface area contributed by atoms with E-state index in [4.69, 9.17) is 14.6 Å². The quantitative estimate of drug-likeness (QED) is 0.842. The van der Waals surface area contributed by atoms with Crippen molar-refractivity contribution in [1.82, 2.24) is 4.72 Å². The van der Waals surface area contributed by atoms with Crippen LogP contribution >= 0.6 is 0 Å². The third-order valence-corrected chi connectivity index (χ3v) is 4.02. The highest BCUT2D eigenvalue weighted by atomic mass is 32.2. The fourth-order valence-electron chi connectivity index (χ4n) is 1.62. The van der Waals surface area contributed by atoms with E-state index in [1.807, 2.05) is 0 Å². The number of aliphatic hydroxyl groups is 1. The van der Waals surface area contributed by atoms with E-state index < -0.39 is 16.1 Å². The van der Waals surface area contributed by atoms with Crippen LogP contribution in [0, 0.1) is 0 Å². The van der Waals surface area contributed by atoms with Gasteiger partial charge in [-0.05, 0) is 19.1 Å². The van der Waals surface area contributed by atoms with Gasteiger partial charge in [0.25, 0.3) is 0 Å². The lowest BCUT2D eigenvalue weighted by atomic mass is 10.3. The maximum Gasteiger partial charge on any atom is 0.240 e. The van der Waals surface area contributed by atoms with Crippen molar-refractivity contribution in [3.63, 3.8) is 0 Å². The van der Waals surface area contributed by atoms with E-state index in [0.717, 1.165) is 6.42 Å². The zero-order valence-corrected chi connectivity index (χ0v) is 11.4. The number of nitrogens with one attached hydrogen (secondary N) is 1. The van der Waals surface area contributed by atoms with Gasteiger partial charge >= 0.3 is 0 Å². The molecule has 1 unspecified atom stereocenters. The highest BCUT2D eigenvalue weighted by Crippen LogP contribution is 2.31. The van der Waals surface area contributed by atoms with Crippen molar-refractivity contribution in [2.45, 2.75) is 24.3 Å². The number of sulfonamides is 1. The predicted molar refractivity (Wildman–Crippen MR) is 68.9 cm³/mol. The van der Waals surface area contributed by atoms with Gasteiger partial charge in [0.1, 0.15) is 0 Å². The molecular formula is C12H17NO5S. The molecule has 0 spiro atoms. The van der Waals surface area contributed by atoms with E-state index in [1.54, 1.807) is 6.07 Å². The maximum atomic E-state index is 12.0. The molecule has 1 heterocycles. The van der Waals surface area contributed by atoms with Gasteiger partial charge in [-0.15, -0.1) is 0 Å². The Morgan fingerprint density at radius 1 is 1.32 bits per heavy atom. The Labute approximate surface area is 112 Å². The van der Waals surface area contributed by atoms with Crippen molar-refractivity contribution in [3.05, 3.63) is 18.2 Å². The summed E-state index contributed by atoms with van der Waals surface area (Å²) in [7, 11) is -3.65. The van der Waals surface area contributed by atoms with Crippen LogP contribution in [0.25, 0.3) is 0 Å². The minimum Gasteiger partial charge on any atom is -0.490 e. The predicted octanol–water partition coefficient (Wildman–Crippen LogP) is 0.507. The van der Waals surface area contributed by atoms with Crippen molar-refractivity contribution < 1.29 is 23.0 Å². The third-order valence-electron chi connectivity index (χ3n) is 2.60. The molecule has 0 aromatic heterocycles. The van der Waals surface area contributed by atoms with Gasteiger partial charge in [0, 0.05) is 19.0 Å². The van der Waals surface area contributed by atoms with Crippen LogP contribution in [0.5, 0.6) is 11.5 Å². The minimum atomic E-state index is -3.65. The summed E-state index contributed by atoms with van der Waals surface area (Å²) < 4.78 is 37.2. The number of rotatable bonds is 4. The van der Waals surface area contributed by atoms with Gasteiger partial charge in [0.05, 0.1) is 24.2 Å². The fraction of sp³-hybridized carbons (Fsp3) is 0.500. The SMILES string of the molecule is CC(O)CNS(=O)(=O)c1ccc2c(c1)OCCCO2. The van der Waals surface area contributed by atoms with Gasteiger partial charge in [0.15, 0.2) is 11.5 Å². The van der Waals surface area contributed by atoms with Crippen LogP contribution in [0.2, 0.25) is 0 Å². The van der Waals surface area contributed by atoms with E-state index in [-0.39, 0.29) is 11.4 Å². The molecule has 0 bridgehead atoms. The van der Waals surface area contributed by atoms with Crippen molar-refractivity contribution in [2.24, 2.45) is 0 Å². The second-order valence-corrected chi connectivity index (χ2v) is 6.13. The topological polar surface area (TPSA) is 84.9 Å². The Kier molecular flexibility index (Phi) is 4.28. The first kappa shape index (κ1) is 14.1. The molecule has 0 saturated heterocycles. The monoisotopic (exact) mass is 287 g/mol. The molecule has 0 amide bonds. The van der Waals surface area contributed by atoms with Crippen molar-refractivity contribution >= 4 is 10.0 Å². The van der Waals surface area contributed by atoms with Crippen LogP contribution in [-0.4, -0.2) is 39.4 Å². The summed E-state index contributed by atoms with van der Waals surface area (Å²) in [6.07, 6.45) is 0.0204. The molecule has 1 aliphatic rings. The summed E-state index contributed by atoms with van der Waals surface area (Å²) in [5, 5.41) is 9.12.